The highest BCUT2D eigenvalue weighted by atomic mass is 35.5. The zero-order valence-corrected chi connectivity index (χ0v) is 10.1. The summed E-state index contributed by atoms with van der Waals surface area (Å²) in [5.74, 6) is -0.477. The van der Waals surface area contributed by atoms with Crippen LogP contribution in [0.3, 0.4) is 0 Å². The Labute approximate surface area is 104 Å². The molecule has 4 heteroatoms. The van der Waals surface area contributed by atoms with E-state index >= 15 is 0 Å². The molecule has 0 aliphatic heterocycles. The van der Waals surface area contributed by atoms with Crippen LogP contribution in [0.15, 0.2) is 42.6 Å². The van der Waals surface area contributed by atoms with Crippen LogP contribution in [0.5, 0.6) is 0 Å². The molecular weight excluding hydrogens is 239 g/mol. The van der Waals surface area contributed by atoms with E-state index in [4.69, 9.17) is 11.6 Å². The molecule has 1 heterocycles. The highest BCUT2D eigenvalue weighted by molar-refractivity contribution is 6.30. The van der Waals surface area contributed by atoms with Crippen LogP contribution >= 0.6 is 11.6 Å². The number of hydrogen-bond acceptors (Lipinski definition) is 2. The Morgan fingerprint density at radius 1 is 1.18 bits per heavy atom. The van der Waals surface area contributed by atoms with Crippen LogP contribution in [-0.4, -0.2) is 4.98 Å². The summed E-state index contributed by atoms with van der Waals surface area (Å²) in [5.41, 5.74) is 1.90. The van der Waals surface area contributed by atoms with E-state index in [0.29, 0.717) is 5.02 Å². The maximum Gasteiger partial charge on any atom is 0.212 e. The fraction of sp³-hybridized carbons (Fsp3) is 0.154. The van der Waals surface area contributed by atoms with Crippen LogP contribution in [-0.2, 0) is 0 Å². The number of nitrogens with zero attached hydrogens (tertiary/aromatic N) is 1. The third kappa shape index (κ3) is 3.17. The van der Waals surface area contributed by atoms with Gasteiger partial charge in [0.05, 0.1) is 11.9 Å². The van der Waals surface area contributed by atoms with Crippen LogP contribution in [0.4, 0.5) is 10.1 Å². The Morgan fingerprint density at radius 3 is 2.47 bits per heavy atom. The molecule has 0 radical (unpaired) electrons. The molecule has 2 aromatic rings. The average Bonchev–Trinajstić information content (AvgIpc) is 2.33. The Hall–Kier alpha value is -1.61. The summed E-state index contributed by atoms with van der Waals surface area (Å²) in [6.07, 6.45) is 1.47. The number of rotatable bonds is 3. The number of benzene rings is 1. The summed E-state index contributed by atoms with van der Waals surface area (Å²) in [4.78, 5) is 3.59. The largest absolute Gasteiger partial charge is 0.377 e. The SMILES string of the molecule is CC(Nc1ccc(F)nc1)c1ccc(Cl)cc1. The van der Waals surface area contributed by atoms with E-state index in [1.807, 2.05) is 31.2 Å². The van der Waals surface area contributed by atoms with Crippen molar-refractivity contribution >= 4 is 17.3 Å². The standard InChI is InChI=1S/C13H12ClFN2/c1-9(10-2-4-11(14)5-3-10)17-12-6-7-13(15)16-8-12/h2-9,17H,1H3. The summed E-state index contributed by atoms with van der Waals surface area (Å²) >= 11 is 5.82. The van der Waals surface area contributed by atoms with Gasteiger partial charge in [-0.1, -0.05) is 23.7 Å². The molecule has 1 aromatic carbocycles. The minimum atomic E-state index is -0.477. The lowest BCUT2D eigenvalue weighted by Gasteiger charge is -2.15. The van der Waals surface area contributed by atoms with Gasteiger partial charge in [0.1, 0.15) is 0 Å². The number of anilines is 1. The molecule has 88 valence electrons. The normalized spacial score (nSPS) is 12.2. The van der Waals surface area contributed by atoms with Crippen molar-refractivity contribution in [3.63, 3.8) is 0 Å². The zero-order chi connectivity index (χ0) is 12.3. The third-order valence-electron chi connectivity index (χ3n) is 2.48. The van der Waals surface area contributed by atoms with Crippen LogP contribution in [0, 0.1) is 5.95 Å². The third-order valence-corrected chi connectivity index (χ3v) is 2.73. The van der Waals surface area contributed by atoms with Crippen LogP contribution in [0.2, 0.25) is 5.02 Å². The van der Waals surface area contributed by atoms with Gasteiger partial charge in [0, 0.05) is 11.1 Å². The fourth-order valence-corrected chi connectivity index (χ4v) is 1.67. The lowest BCUT2D eigenvalue weighted by Crippen LogP contribution is -2.06. The smallest absolute Gasteiger partial charge is 0.212 e. The Balaban J connectivity index is 2.08. The van der Waals surface area contributed by atoms with E-state index in [2.05, 4.69) is 10.3 Å². The molecular formula is C13H12ClFN2. The van der Waals surface area contributed by atoms with Crippen molar-refractivity contribution in [2.45, 2.75) is 13.0 Å². The summed E-state index contributed by atoms with van der Waals surface area (Å²) in [6.45, 7) is 2.02. The number of pyridine rings is 1. The number of nitrogens with one attached hydrogen (secondary N) is 1. The molecule has 1 unspecified atom stereocenters. The minimum Gasteiger partial charge on any atom is -0.377 e. The van der Waals surface area contributed by atoms with Gasteiger partial charge < -0.3 is 5.32 Å². The molecule has 0 saturated heterocycles. The first-order valence-electron chi connectivity index (χ1n) is 5.29. The molecule has 0 bridgehead atoms. The molecule has 1 atom stereocenters. The molecule has 1 aromatic heterocycles. The van der Waals surface area contributed by atoms with Gasteiger partial charge in [-0.2, -0.15) is 4.39 Å². The number of hydrogen-bond donors (Lipinski definition) is 1. The molecule has 1 N–H and O–H groups in total. The van der Waals surface area contributed by atoms with Crippen molar-refractivity contribution < 1.29 is 4.39 Å². The van der Waals surface area contributed by atoms with Crippen LogP contribution in [0.25, 0.3) is 0 Å². The molecule has 17 heavy (non-hydrogen) atoms. The predicted octanol–water partition coefficient (Wildman–Crippen LogP) is 4.05. The van der Waals surface area contributed by atoms with E-state index in [-0.39, 0.29) is 6.04 Å². The van der Waals surface area contributed by atoms with Crippen molar-refractivity contribution in [2.75, 3.05) is 5.32 Å². The van der Waals surface area contributed by atoms with E-state index < -0.39 is 5.95 Å². The van der Waals surface area contributed by atoms with Gasteiger partial charge in [-0.25, -0.2) is 4.98 Å². The molecule has 0 aliphatic carbocycles. The average molecular weight is 251 g/mol. The molecule has 0 aliphatic rings. The van der Waals surface area contributed by atoms with Gasteiger partial charge in [-0.15, -0.1) is 0 Å². The van der Waals surface area contributed by atoms with Gasteiger partial charge >= 0.3 is 0 Å². The molecule has 0 saturated carbocycles. The van der Waals surface area contributed by atoms with Crippen molar-refractivity contribution in [2.24, 2.45) is 0 Å². The molecule has 0 spiro atoms. The van der Waals surface area contributed by atoms with E-state index in [1.54, 1.807) is 6.07 Å². The van der Waals surface area contributed by atoms with Gasteiger partial charge in [-0.3, -0.25) is 0 Å². The Morgan fingerprint density at radius 2 is 1.88 bits per heavy atom. The van der Waals surface area contributed by atoms with Gasteiger partial charge in [0.2, 0.25) is 5.95 Å². The summed E-state index contributed by atoms with van der Waals surface area (Å²) in [7, 11) is 0. The van der Waals surface area contributed by atoms with Crippen molar-refractivity contribution in [3.8, 4) is 0 Å². The molecule has 0 fully saturated rings. The van der Waals surface area contributed by atoms with Gasteiger partial charge in [-0.05, 0) is 36.8 Å². The van der Waals surface area contributed by atoms with Crippen LogP contribution in [0.1, 0.15) is 18.5 Å². The summed E-state index contributed by atoms with van der Waals surface area (Å²) in [5, 5.41) is 3.94. The fourth-order valence-electron chi connectivity index (χ4n) is 1.55. The highest BCUT2D eigenvalue weighted by Gasteiger charge is 2.05. The van der Waals surface area contributed by atoms with E-state index in [1.165, 1.54) is 12.3 Å². The maximum atomic E-state index is 12.6. The second kappa shape index (κ2) is 5.15. The second-order valence-electron chi connectivity index (χ2n) is 3.79. The summed E-state index contributed by atoms with van der Waals surface area (Å²) in [6, 6.07) is 10.7. The van der Waals surface area contributed by atoms with E-state index in [0.717, 1.165) is 11.3 Å². The van der Waals surface area contributed by atoms with Gasteiger partial charge in [0.25, 0.3) is 0 Å². The van der Waals surface area contributed by atoms with Gasteiger partial charge in [0.15, 0.2) is 0 Å². The lowest BCUT2D eigenvalue weighted by molar-refractivity contribution is 0.584. The first kappa shape index (κ1) is 11.9. The molecule has 2 nitrogen and oxygen atoms in total. The first-order valence-corrected chi connectivity index (χ1v) is 5.66. The topological polar surface area (TPSA) is 24.9 Å². The maximum absolute atomic E-state index is 12.6. The monoisotopic (exact) mass is 250 g/mol. The van der Waals surface area contributed by atoms with Crippen molar-refractivity contribution in [1.82, 2.24) is 4.98 Å². The Bertz CT molecular complexity index is 482. The number of halogens is 2. The molecule has 0 amide bonds. The second-order valence-corrected chi connectivity index (χ2v) is 4.22. The van der Waals surface area contributed by atoms with E-state index in [9.17, 15) is 4.39 Å². The molecule has 2 rings (SSSR count). The van der Waals surface area contributed by atoms with Crippen molar-refractivity contribution in [3.05, 3.63) is 59.1 Å². The first-order chi connectivity index (χ1) is 8.15. The van der Waals surface area contributed by atoms with Crippen molar-refractivity contribution in [1.29, 1.82) is 0 Å². The number of aromatic nitrogens is 1. The van der Waals surface area contributed by atoms with Crippen LogP contribution < -0.4 is 5.32 Å². The summed E-state index contributed by atoms with van der Waals surface area (Å²) < 4.78 is 12.6. The quantitative estimate of drug-likeness (QED) is 0.832. The minimum absolute atomic E-state index is 0.111. The lowest BCUT2D eigenvalue weighted by atomic mass is 10.1. The zero-order valence-electron chi connectivity index (χ0n) is 9.32. The predicted molar refractivity (Wildman–Crippen MR) is 67.7 cm³/mol. The highest BCUT2D eigenvalue weighted by Crippen LogP contribution is 2.20. The Kier molecular flexibility index (Phi) is 3.59.